The van der Waals surface area contributed by atoms with Crippen molar-refractivity contribution >= 4 is 34.7 Å². The Labute approximate surface area is 204 Å². The highest BCUT2D eigenvalue weighted by molar-refractivity contribution is 7.13. The van der Waals surface area contributed by atoms with Crippen LogP contribution in [0.25, 0.3) is 22.0 Å². The molecule has 2 aromatic heterocycles. The van der Waals surface area contributed by atoms with Crippen LogP contribution in [0, 0.1) is 0 Å². The van der Waals surface area contributed by atoms with Crippen LogP contribution >= 0.6 is 11.3 Å². The number of aromatic nitrogens is 2. The monoisotopic (exact) mass is 482 g/mol. The Morgan fingerprint density at radius 3 is 2.34 bits per heavy atom. The van der Waals surface area contributed by atoms with E-state index in [1.165, 1.54) is 16.2 Å². The van der Waals surface area contributed by atoms with Gasteiger partial charge >= 0.3 is 0 Å². The lowest BCUT2D eigenvalue weighted by Gasteiger charge is -2.30. The van der Waals surface area contributed by atoms with Crippen LogP contribution in [-0.4, -0.2) is 52.3 Å². The quantitative estimate of drug-likeness (QED) is 0.401. The average molecular weight is 483 g/mol. The molecule has 0 bridgehead atoms. The second kappa shape index (κ2) is 8.44. The number of imide groups is 1. The first-order valence-electron chi connectivity index (χ1n) is 11.0. The molecule has 0 atom stereocenters. The van der Waals surface area contributed by atoms with E-state index in [-0.39, 0.29) is 37.4 Å². The Morgan fingerprint density at radius 1 is 0.857 bits per heavy atom. The lowest BCUT2D eigenvalue weighted by molar-refractivity contribution is -0.121. The smallest absolute Gasteiger partial charge is 0.265 e. The summed E-state index contributed by atoms with van der Waals surface area (Å²) in [7, 11) is 0. The van der Waals surface area contributed by atoms with E-state index in [4.69, 9.17) is 9.72 Å². The second-order valence-corrected chi connectivity index (χ2v) is 8.94. The lowest BCUT2D eigenvalue weighted by Crippen LogP contribution is -2.44. The van der Waals surface area contributed by atoms with E-state index >= 15 is 0 Å². The van der Waals surface area contributed by atoms with Crippen LogP contribution in [0.15, 0.2) is 72.2 Å². The van der Waals surface area contributed by atoms with Gasteiger partial charge in [-0.3, -0.25) is 24.3 Å². The zero-order chi connectivity index (χ0) is 23.9. The zero-order valence-corrected chi connectivity index (χ0v) is 19.2. The summed E-state index contributed by atoms with van der Waals surface area (Å²) in [5, 5.41) is 2.74. The molecule has 9 heteroatoms. The molecule has 35 heavy (non-hydrogen) atoms. The lowest BCUT2D eigenvalue weighted by atomic mass is 10.1. The molecule has 4 heterocycles. The molecule has 2 aliphatic heterocycles. The van der Waals surface area contributed by atoms with Crippen molar-refractivity contribution in [1.82, 2.24) is 14.9 Å². The van der Waals surface area contributed by atoms with Crippen molar-refractivity contribution in [2.24, 2.45) is 0 Å². The summed E-state index contributed by atoms with van der Waals surface area (Å²) in [6.07, 6.45) is 1.73. The van der Waals surface area contributed by atoms with Crippen LogP contribution in [-0.2, 0) is 4.79 Å². The van der Waals surface area contributed by atoms with Crippen LogP contribution in [0.5, 0.6) is 5.75 Å². The van der Waals surface area contributed by atoms with Crippen molar-refractivity contribution in [3.05, 3.63) is 83.4 Å². The van der Waals surface area contributed by atoms with E-state index < -0.39 is 0 Å². The van der Waals surface area contributed by atoms with Crippen LogP contribution < -0.4 is 9.64 Å². The van der Waals surface area contributed by atoms with Crippen molar-refractivity contribution in [1.29, 1.82) is 0 Å². The molecule has 0 saturated carbocycles. The van der Waals surface area contributed by atoms with E-state index in [2.05, 4.69) is 4.98 Å². The maximum atomic E-state index is 12.8. The first-order valence-corrected chi connectivity index (χ1v) is 11.9. The van der Waals surface area contributed by atoms with E-state index in [0.29, 0.717) is 22.6 Å². The van der Waals surface area contributed by atoms with Gasteiger partial charge in [-0.2, -0.15) is 0 Å². The maximum absolute atomic E-state index is 12.8. The van der Waals surface area contributed by atoms with Crippen LogP contribution in [0.4, 0.5) is 5.69 Å². The van der Waals surface area contributed by atoms with Gasteiger partial charge in [0.25, 0.3) is 17.7 Å². The maximum Gasteiger partial charge on any atom is 0.265 e. The van der Waals surface area contributed by atoms with Gasteiger partial charge in [-0.05, 0) is 42.5 Å². The standard InChI is InChI=1S/C26H18N4O4S/c31-23-14-34-22-9-8-16(20-15-35-24(28-20)19-7-3-4-10-27-19)13-21(22)29(23)11-12-30-25(32)17-5-1-2-6-18(17)26(30)33/h1-10,13,15H,11-12,14H2. The third-order valence-corrected chi connectivity index (χ3v) is 6.88. The minimum Gasteiger partial charge on any atom is -0.482 e. The molecule has 6 rings (SSSR count). The third-order valence-electron chi connectivity index (χ3n) is 6.01. The Hall–Kier alpha value is -4.37. The first-order chi connectivity index (χ1) is 17.1. The molecule has 3 amide bonds. The second-order valence-electron chi connectivity index (χ2n) is 8.08. The van der Waals surface area contributed by atoms with Crippen molar-refractivity contribution in [2.75, 3.05) is 24.6 Å². The van der Waals surface area contributed by atoms with Gasteiger partial charge in [-0.25, -0.2) is 4.98 Å². The number of carbonyl (C=O) groups excluding carboxylic acids is 3. The number of hydrogen-bond donors (Lipinski definition) is 0. The van der Waals surface area contributed by atoms with E-state index in [1.54, 1.807) is 35.4 Å². The molecule has 0 saturated heterocycles. The highest BCUT2D eigenvalue weighted by Gasteiger charge is 2.36. The Kier molecular flexibility index (Phi) is 5.11. The number of rotatable bonds is 5. The molecule has 8 nitrogen and oxygen atoms in total. The molecule has 0 spiro atoms. The van der Waals surface area contributed by atoms with E-state index in [0.717, 1.165) is 22.0 Å². The number of pyridine rings is 1. The number of hydrogen-bond acceptors (Lipinski definition) is 7. The molecule has 2 aliphatic rings. The van der Waals surface area contributed by atoms with Crippen molar-refractivity contribution in [2.45, 2.75) is 0 Å². The Balaban J connectivity index is 1.26. The fourth-order valence-corrected chi connectivity index (χ4v) is 5.07. The zero-order valence-electron chi connectivity index (χ0n) is 18.4. The summed E-state index contributed by atoms with van der Waals surface area (Å²) in [5.74, 6) is -0.357. The predicted octanol–water partition coefficient (Wildman–Crippen LogP) is 3.89. The number of benzene rings is 2. The van der Waals surface area contributed by atoms with E-state index in [1.807, 2.05) is 41.8 Å². The minimum atomic E-state index is -0.343. The Bertz CT molecular complexity index is 1450. The SMILES string of the molecule is O=C1c2ccccc2C(=O)N1CCN1C(=O)COc2ccc(-c3csc(-c4ccccn4)n3)cc21. The van der Waals surface area contributed by atoms with E-state index in [9.17, 15) is 14.4 Å². The molecule has 172 valence electrons. The predicted molar refractivity (Wildman–Crippen MR) is 130 cm³/mol. The van der Waals surface area contributed by atoms with Gasteiger partial charge < -0.3 is 9.64 Å². The van der Waals surface area contributed by atoms with Gasteiger partial charge in [0, 0.05) is 30.2 Å². The number of fused-ring (bicyclic) bond motifs is 2. The molecule has 0 radical (unpaired) electrons. The third kappa shape index (κ3) is 3.66. The molecular weight excluding hydrogens is 464 g/mol. The summed E-state index contributed by atoms with van der Waals surface area (Å²) in [5.41, 5.74) is 3.75. The summed E-state index contributed by atoms with van der Waals surface area (Å²) < 4.78 is 5.63. The number of amides is 3. The van der Waals surface area contributed by atoms with Gasteiger partial charge in [-0.1, -0.05) is 18.2 Å². The minimum absolute atomic E-state index is 0.0856. The van der Waals surface area contributed by atoms with Crippen LogP contribution in [0.1, 0.15) is 20.7 Å². The first kappa shape index (κ1) is 21.2. The molecule has 0 unspecified atom stereocenters. The topological polar surface area (TPSA) is 92.7 Å². The Morgan fingerprint density at radius 2 is 1.60 bits per heavy atom. The summed E-state index contributed by atoms with van der Waals surface area (Å²) >= 11 is 1.49. The van der Waals surface area contributed by atoms with Gasteiger partial charge in [0.2, 0.25) is 0 Å². The van der Waals surface area contributed by atoms with Crippen molar-refractivity contribution < 1.29 is 19.1 Å². The fraction of sp³-hybridized carbons (Fsp3) is 0.115. The van der Waals surface area contributed by atoms with Gasteiger partial charge in [0.1, 0.15) is 10.8 Å². The summed E-state index contributed by atoms with van der Waals surface area (Å²) in [4.78, 5) is 50.1. The van der Waals surface area contributed by atoms with Gasteiger partial charge in [0.15, 0.2) is 6.61 Å². The van der Waals surface area contributed by atoms with Crippen LogP contribution in [0.2, 0.25) is 0 Å². The highest BCUT2D eigenvalue weighted by Crippen LogP contribution is 2.37. The number of anilines is 1. The number of ether oxygens (including phenoxy) is 1. The number of thiazole rings is 1. The molecule has 2 aromatic carbocycles. The molecule has 4 aromatic rings. The van der Waals surface area contributed by atoms with Gasteiger partial charge in [0.05, 0.1) is 28.2 Å². The molecule has 0 fully saturated rings. The summed E-state index contributed by atoms with van der Waals surface area (Å²) in [6.45, 7) is 0.150. The van der Waals surface area contributed by atoms with Gasteiger partial charge in [-0.15, -0.1) is 11.3 Å². The molecule has 0 N–H and O–H groups in total. The van der Waals surface area contributed by atoms with Crippen molar-refractivity contribution in [3.63, 3.8) is 0 Å². The normalized spacial score (nSPS) is 14.7. The fourth-order valence-electron chi connectivity index (χ4n) is 4.26. The van der Waals surface area contributed by atoms with Crippen molar-refractivity contribution in [3.8, 4) is 27.7 Å². The molecular formula is C26H18N4O4S. The summed E-state index contributed by atoms with van der Waals surface area (Å²) in [6, 6.07) is 18.0. The average Bonchev–Trinajstić information content (AvgIpc) is 3.48. The van der Waals surface area contributed by atoms with Crippen LogP contribution in [0.3, 0.4) is 0 Å². The largest absolute Gasteiger partial charge is 0.482 e. The number of nitrogens with zero attached hydrogens (tertiary/aromatic N) is 4. The highest BCUT2D eigenvalue weighted by atomic mass is 32.1. The molecule has 0 aliphatic carbocycles. The number of carbonyl (C=O) groups is 3.